The van der Waals surface area contributed by atoms with Gasteiger partial charge in [0.05, 0.1) is 24.2 Å². The minimum absolute atomic E-state index is 0. The van der Waals surface area contributed by atoms with E-state index in [-0.39, 0.29) is 12.4 Å². The highest BCUT2D eigenvalue weighted by atomic mass is 35.5. The maximum atomic E-state index is 8.71. The molecule has 0 radical (unpaired) electrons. The van der Waals surface area contributed by atoms with Gasteiger partial charge in [-0.1, -0.05) is 35.3 Å². The Morgan fingerprint density at radius 2 is 1.12 bits per heavy atom. The number of nitrogens with zero attached hydrogens (tertiary/aromatic N) is 2. The molecule has 4 rings (SSSR count). The second-order valence-electron chi connectivity index (χ2n) is 7.07. The first kappa shape index (κ1) is 24.1. The molecular weight excluding hydrogens is 469 g/mol. The Morgan fingerprint density at radius 3 is 1.66 bits per heavy atom. The lowest BCUT2D eigenvalue weighted by Crippen LogP contribution is -2.27. The first-order valence-electron chi connectivity index (χ1n) is 10.1. The summed E-state index contributed by atoms with van der Waals surface area (Å²) in [6.07, 6.45) is 0.786. The number of nitrogens with one attached hydrogen (secondary N) is 1. The summed E-state index contributed by atoms with van der Waals surface area (Å²) in [5.41, 5.74) is 2.50. The number of benzene rings is 3. The minimum atomic E-state index is 0. The number of imidazole rings is 1. The highest BCUT2D eigenvalue weighted by molar-refractivity contribution is 6.30. The van der Waals surface area contributed by atoms with Gasteiger partial charge in [-0.3, -0.25) is 5.41 Å². The maximum Gasteiger partial charge on any atom is 0.203 e. The summed E-state index contributed by atoms with van der Waals surface area (Å²) in [6, 6.07) is 22.7. The minimum Gasteiger partial charge on any atom is -0.494 e. The fourth-order valence-electron chi connectivity index (χ4n) is 3.48. The van der Waals surface area contributed by atoms with Gasteiger partial charge in [-0.15, -0.1) is 12.4 Å². The normalized spacial score (nSPS) is 10.7. The molecule has 0 aliphatic heterocycles. The molecule has 3 aromatic carbocycles. The summed E-state index contributed by atoms with van der Waals surface area (Å²) in [4.78, 5) is 0. The van der Waals surface area contributed by atoms with Gasteiger partial charge < -0.3 is 18.6 Å². The number of para-hydroxylation sites is 2. The van der Waals surface area contributed by atoms with Crippen molar-refractivity contribution in [1.29, 1.82) is 5.41 Å². The average Bonchev–Trinajstić information content (AvgIpc) is 3.05. The quantitative estimate of drug-likeness (QED) is 0.283. The monoisotopic (exact) mass is 491 g/mol. The van der Waals surface area contributed by atoms with Gasteiger partial charge in [0.2, 0.25) is 5.62 Å². The molecule has 0 amide bonds. The van der Waals surface area contributed by atoms with E-state index in [4.69, 9.17) is 38.1 Å². The van der Waals surface area contributed by atoms with Crippen molar-refractivity contribution in [2.45, 2.75) is 19.5 Å². The molecule has 1 N–H and O–H groups in total. The molecule has 0 atom stereocenters. The van der Waals surface area contributed by atoms with Crippen LogP contribution in [0.1, 0.15) is 6.42 Å². The predicted molar refractivity (Wildman–Crippen MR) is 132 cm³/mol. The molecule has 4 aromatic rings. The van der Waals surface area contributed by atoms with Crippen molar-refractivity contribution in [3.05, 3.63) is 88.5 Å². The Morgan fingerprint density at radius 1 is 0.656 bits per heavy atom. The molecule has 32 heavy (non-hydrogen) atoms. The Bertz CT molecular complexity index is 1200. The lowest BCUT2D eigenvalue weighted by Gasteiger charge is -2.08. The standard InChI is InChI=1S/C24H23Cl2N3O2.ClH/c25-18-6-10-20(11-7-18)30-16-3-14-28-22-4-1-2-5-23(22)29(24(28)27)15-17-31-21-12-8-19(26)9-13-21;/h1-2,4-13,27H,3,14-17H2;1H. The summed E-state index contributed by atoms with van der Waals surface area (Å²) in [5.74, 6) is 1.56. The first-order chi connectivity index (χ1) is 15.1. The van der Waals surface area contributed by atoms with Crippen molar-refractivity contribution < 1.29 is 9.47 Å². The second kappa shape index (κ2) is 11.3. The van der Waals surface area contributed by atoms with Crippen molar-refractivity contribution in [2.75, 3.05) is 13.2 Å². The van der Waals surface area contributed by atoms with Crippen LogP contribution in [-0.2, 0) is 13.1 Å². The Balaban J connectivity index is 0.00000289. The van der Waals surface area contributed by atoms with Crippen molar-refractivity contribution in [3.8, 4) is 11.5 Å². The van der Waals surface area contributed by atoms with Crippen LogP contribution in [0.25, 0.3) is 11.0 Å². The molecule has 168 valence electrons. The number of aryl methyl sites for hydroxylation is 1. The molecular formula is C24H24Cl3N3O2. The van der Waals surface area contributed by atoms with Gasteiger partial charge in [0, 0.05) is 16.6 Å². The fraction of sp³-hybridized carbons (Fsp3) is 0.208. The zero-order chi connectivity index (χ0) is 21.6. The molecule has 0 saturated heterocycles. The Labute approximate surface area is 203 Å². The van der Waals surface area contributed by atoms with Crippen LogP contribution in [0.5, 0.6) is 11.5 Å². The first-order valence-corrected chi connectivity index (χ1v) is 10.9. The van der Waals surface area contributed by atoms with Gasteiger partial charge in [-0.25, -0.2) is 0 Å². The molecule has 5 nitrogen and oxygen atoms in total. The van der Waals surface area contributed by atoms with E-state index >= 15 is 0 Å². The van der Waals surface area contributed by atoms with E-state index in [1.165, 1.54) is 0 Å². The van der Waals surface area contributed by atoms with E-state index in [1.54, 1.807) is 12.1 Å². The van der Waals surface area contributed by atoms with Crippen LogP contribution in [0, 0.1) is 5.41 Å². The molecule has 0 fully saturated rings. The maximum absolute atomic E-state index is 8.71. The summed E-state index contributed by atoms with van der Waals surface area (Å²) in [5, 5.41) is 10.1. The van der Waals surface area contributed by atoms with Crippen LogP contribution in [0.15, 0.2) is 72.8 Å². The smallest absolute Gasteiger partial charge is 0.203 e. The topological polar surface area (TPSA) is 52.2 Å². The van der Waals surface area contributed by atoms with Crippen LogP contribution >= 0.6 is 35.6 Å². The third-order valence-corrected chi connectivity index (χ3v) is 5.48. The van der Waals surface area contributed by atoms with Crippen LogP contribution < -0.4 is 15.1 Å². The van der Waals surface area contributed by atoms with Gasteiger partial charge in [-0.05, 0) is 67.1 Å². The van der Waals surface area contributed by atoms with E-state index in [0.29, 0.717) is 42.0 Å². The van der Waals surface area contributed by atoms with Crippen LogP contribution in [0.2, 0.25) is 10.0 Å². The lowest BCUT2D eigenvalue weighted by molar-refractivity contribution is 0.292. The van der Waals surface area contributed by atoms with E-state index in [1.807, 2.05) is 69.8 Å². The van der Waals surface area contributed by atoms with Gasteiger partial charge in [0.15, 0.2) is 0 Å². The second-order valence-corrected chi connectivity index (χ2v) is 7.95. The number of fused-ring (bicyclic) bond motifs is 1. The molecule has 0 aliphatic rings. The average molecular weight is 493 g/mol. The number of halogens is 3. The number of hydrogen-bond donors (Lipinski definition) is 1. The van der Waals surface area contributed by atoms with E-state index < -0.39 is 0 Å². The molecule has 0 aliphatic carbocycles. The molecule has 0 saturated carbocycles. The third-order valence-electron chi connectivity index (χ3n) is 4.98. The summed E-state index contributed by atoms with van der Waals surface area (Å²) in [7, 11) is 0. The predicted octanol–water partition coefficient (Wildman–Crippen LogP) is 6.20. The summed E-state index contributed by atoms with van der Waals surface area (Å²) >= 11 is 11.8. The number of rotatable bonds is 9. The Kier molecular flexibility index (Phi) is 8.51. The van der Waals surface area contributed by atoms with Crippen molar-refractivity contribution in [2.24, 2.45) is 0 Å². The van der Waals surface area contributed by atoms with Gasteiger partial charge in [0.1, 0.15) is 18.1 Å². The van der Waals surface area contributed by atoms with Crippen LogP contribution in [0.4, 0.5) is 0 Å². The lowest BCUT2D eigenvalue weighted by atomic mass is 10.3. The molecule has 8 heteroatoms. The molecule has 0 unspecified atom stereocenters. The number of hydrogen-bond acceptors (Lipinski definition) is 3. The van der Waals surface area contributed by atoms with E-state index in [0.717, 1.165) is 29.0 Å². The van der Waals surface area contributed by atoms with Crippen molar-refractivity contribution in [1.82, 2.24) is 9.13 Å². The molecule has 0 spiro atoms. The molecule has 1 heterocycles. The van der Waals surface area contributed by atoms with Crippen molar-refractivity contribution >= 4 is 46.6 Å². The summed E-state index contributed by atoms with van der Waals surface area (Å²) < 4.78 is 15.6. The molecule has 0 bridgehead atoms. The SMILES string of the molecule is Cl.N=c1n(CCCOc2ccc(Cl)cc2)c2ccccc2n1CCOc1ccc(Cl)cc1. The van der Waals surface area contributed by atoms with E-state index in [2.05, 4.69) is 0 Å². The number of ether oxygens (including phenoxy) is 2. The highest BCUT2D eigenvalue weighted by Gasteiger charge is 2.10. The number of aromatic nitrogens is 2. The van der Waals surface area contributed by atoms with Crippen LogP contribution in [0.3, 0.4) is 0 Å². The highest BCUT2D eigenvalue weighted by Crippen LogP contribution is 2.18. The zero-order valence-corrected chi connectivity index (χ0v) is 19.7. The summed E-state index contributed by atoms with van der Waals surface area (Å²) in [6.45, 7) is 2.30. The van der Waals surface area contributed by atoms with Gasteiger partial charge in [-0.2, -0.15) is 0 Å². The fourth-order valence-corrected chi connectivity index (χ4v) is 3.73. The third kappa shape index (κ3) is 5.80. The van der Waals surface area contributed by atoms with Gasteiger partial charge >= 0.3 is 0 Å². The van der Waals surface area contributed by atoms with Crippen LogP contribution in [-0.4, -0.2) is 22.3 Å². The van der Waals surface area contributed by atoms with Gasteiger partial charge in [0.25, 0.3) is 0 Å². The zero-order valence-electron chi connectivity index (χ0n) is 17.3. The van der Waals surface area contributed by atoms with Crippen molar-refractivity contribution in [3.63, 3.8) is 0 Å². The largest absolute Gasteiger partial charge is 0.494 e. The Hall–Kier alpha value is -2.60. The van der Waals surface area contributed by atoms with E-state index in [9.17, 15) is 0 Å². The molecule has 1 aromatic heterocycles.